The lowest BCUT2D eigenvalue weighted by atomic mass is 9.95. The first kappa shape index (κ1) is 18.3. The Morgan fingerprint density at radius 3 is 2.74 bits per heavy atom. The summed E-state index contributed by atoms with van der Waals surface area (Å²) < 4.78 is 20.1. The summed E-state index contributed by atoms with van der Waals surface area (Å²) in [5.41, 5.74) is 2.22. The quantitative estimate of drug-likeness (QED) is 0.801. The third-order valence-electron chi connectivity index (χ3n) is 3.80. The minimum absolute atomic E-state index is 0. The Labute approximate surface area is 151 Å². The Balaban J connectivity index is 0.00000192. The fourth-order valence-corrected chi connectivity index (χ4v) is 3.18. The SMILES string of the molecule is CNC[C@H]1CCc2cc(F)cc(-c3cc(Cl)ccc3Cl)c2O1.Cl. The van der Waals surface area contributed by atoms with Crippen LogP contribution < -0.4 is 10.1 Å². The van der Waals surface area contributed by atoms with Gasteiger partial charge < -0.3 is 10.1 Å². The molecule has 2 nitrogen and oxygen atoms in total. The summed E-state index contributed by atoms with van der Waals surface area (Å²) in [5.74, 6) is 0.414. The number of ether oxygens (including phenoxy) is 1. The maximum absolute atomic E-state index is 14.0. The number of halogens is 4. The van der Waals surface area contributed by atoms with Gasteiger partial charge in [-0.1, -0.05) is 23.2 Å². The highest BCUT2D eigenvalue weighted by molar-refractivity contribution is 6.35. The lowest BCUT2D eigenvalue weighted by molar-refractivity contribution is 0.174. The summed E-state index contributed by atoms with van der Waals surface area (Å²) in [6, 6.07) is 8.16. The van der Waals surface area contributed by atoms with Gasteiger partial charge in [-0.25, -0.2) is 4.39 Å². The molecule has 0 fully saturated rings. The van der Waals surface area contributed by atoms with E-state index in [1.165, 1.54) is 12.1 Å². The van der Waals surface area contributed by atoms with Crippen molar-refractivity contribution in [3.05, 3.63) is 51.8 Å². The topological polar surface area (TPSA) is 21.3 Å². The molecule has 2 aromatic carbocycles. The maximum Gasteiger partial charge on any atom is 0.131 e. The zero-order valence-corrected chi connectivity index (χ0v) is 14.9. The first-order valence-corrected chi connectivity index (χ1v) is 7.93. The minimum Gasteiger partial charge on any atom is -0.488 e. The first-order valence-electron chi connectivity index (χ1n) is 7.17. The van der Waals surface area contributed by atoms with Crippen molar-refractivity contribution in [1.29, 1.82) is 0 Å². The van der Waals surface area contributed by atoms with Gasteiger partial charge in [0.05, 0.1) is 0 Å². The molecule has 0 bridgehead atoms. The molecule has 0 saturated carbocycles. The average Bonchev–Trinajstić information content (AvgIpc) is 2.49. The highest BCUT2D eigenvalue weighted by Crippen LogP contribution is 2.41. The van der Waals surface area contributed by atoms with E-state index in [4.69, 9.17) is 27.9 Å². The highest BCUT2D eigenvalue weighted by Gasteiger charge is 2.24. The van der Waals surface area contributed by atoms with Gasteiger partial charge in [-0.15, -0.1) is 12.4 Å². The van der Waals surface area contributed by atoms with E-state index in [2.05, 4.69) is 5.32 Å². The molecule has 0 aromatic heterocycles. The predicted octanol–water partition coefficient (Wildman–Crippen LogP) is 5.13. The van der Waals surface area contributed by atoms with Crippen molar-refractivity contribution in [3.63, 3.8) is 0 Å². The van der Waals surface area contributed by atoms with E-state index in [0.29, 0.717) is 26.9 Å². The third-order valence-corrected chi connectivity index (χ3v) is 4.37. The van der Waals surface area contributed by atoms with Crippen LogP contribution in [0.3, 0.4) is 0 Å². The standard InChI is InChI=1S/C17H16Cl2FNO.ClH/c1-21-9-13-4-2-10-6-12(20)8-15(17(10)22-13)14-7-11(18)3-5-16(14)19;/h3,5-8,13,21H,2,4,9H2,1H3;1H/t13-;/m1./s1. The van der Waals surface area contributed by atoms with Gasteiger partial charge >= 0.3 is 0 Å². The summed E-state index contributed by atoms with van der Waals surface area (Å²) in [6.07, 6.45) is 1.71. The maximum atomic E-state index is 14.0. The second-order valence-corrected chi connectivity index (χ2v) is 6.25. The Kier molecular flexibility index (Phi) is 6.15. The molecular formula is C17H17Cl3FNO. The monoisotopic (exact) mass is 375 g/mol. The van der Waals surface area contributed by atoms with Crippen molar-refractivity contribution in [2.45, 2.75) is 18.9 Å². The van der Waals surface area contributed by atoms with Crippen molar-refractivity contribution in [2.75, 3.05) is 13.6 Å². The fourth-order valence-electron chi connectivity index (χ4n) is 2.79. The zero-order chi connectivity index (χ0) is 15.7. The summed E-state index contributed by atoms with van der Waals surface area (Å²) in [5, 5.41) is 4.19. The molecular weight excluding hydrogens is 360 g/mol. The van der Waals surface area contributed by atoms with Crippen LogP contribution in [0.1, 0.15) is 12.0 Å². The van der Waals surface area contributed by atoms with Gasteiger partial charge in [0.2, 0.25) is 0 Å². The normalized spacial score (nSPS) is 16.3. The van der Waals surface area contributed by atoms with Gasteiger partial charge in [0.25, 0.3) is 0 Å². The average molecular weight is 377 g/mol. The van der Waals surface area contributed by atoms with Crippen LogP contribution in [0.4, 0.5) is 4.39 Å². The van der Waals surface area contributed by atoms with Gasteiger partial charge in [-0.3, -0.25) is 0 Å². The van der Waals surface area contributed by atoms with Crippen LogP contribution >= 0.6 is 35.6 Å². The molecule has 2 aromatic rings. The van der Waals surface area contributed by atoms with Crippen LogP contribution in [0.5, 0.6) is 5.75 Å². The molecule has 0 amide bonds. The first-order chi connectivity index (χ1) is 10.6. The minimum atomic E-state index is -0.291. The number of benzene rings is 2. The lowest BCUT2D eigenvalue weighted by Gasteiger charge is -2.28. The Morgan fingerprint density at radius 2 is 2.00 bits per heavy atom. The number of nitrogens with one attached hydrogen (secondary N) is 1. The molecule has 0 unspecified atom stereocenters. The van der Waals surface area contributed by atoms with Crippen molar-refractivity contribution < 1.29 is 9.13 Å². The van der Waals surface area contributed by atoms with Crippen molar-refractivity contribution in [3.8, 4) is 16.9 Å². The number of hydrogen-bond acceptors (Lipinski definition) is 2. The van der Waals surface area contributed by atoms with E-state index < -0.39 is 0 Å². The molecule has 23 heavy (non-hydrogen) atoms. The molecule has 0 radical (unpaired) electrons. The van der Waals surface area contributed by atoms with Gasteiger partial charge in [-0.2, -0.15) is 0 Å². The molecule has 6 heteroatoms. The van der Waals surface area contributed by atoms with Gasteiger partial charge in [-0.05, 0) is 55.8 Å². The van der Waals surface area contributed by atoms with Crippen LogP contribution in [0.15, 0.2) is 30.3 Å². The number of hydrogen-bond donors (Lipinski definition) is 1. The van der Waals surface area contributed by atoms with Crippen molar-refractivity contribution in [2.24, 2.45) is 0 Å². The summed E-state index contributed by atoms with van der Waals surface area (Å²) in [7, 11) is 1.89. The molecule has 0 saturated heterocycles. The largest absolute Gasteiger partial charge is 0.488 e. The molecule has 0 spiro atoms. The van der Waals surface area contributed by atoms with Gasteiger partial charge in [0.1, 0.15) is 17.7 Å². The summed E-state index contributed by atoms with van der Waals surface area (Å²) >= 11 is 12.3. The van der Waals surface area contributed by atoms with E-state index in [9.17, 15) is 4.39 Å². The second kappa shape index (κ2) is 7.71. The molecule has 1 heterocycles. The van der Waals surface area contributed by atoms with Crippen LogP contribution in [0.2, 0.25) is 10.0 Å². The van der Waals surface area contributed by atoms with Crippen LogP contribution in [0, 0.1) is 5.82 Å². The van der Waals surface area contributed by atoms with Crippen LogP contribution in [-0.4, -0.2) is 19.7 Å². The van der Waals surface area contributed by atoms with Crippen molar-refractivity contribution >= 4 is 35.6 Å². The highest BCUT2D eigenvalue weighted by atomic mass is 35.5. The second-order valence-electron chi connectivity index (χ2n) is 5.40. The number of rotatable bonds is 3. The molecule has 1 aliphatic heterocycles. The Bertz CT molecular complexity index is 708. The Hall–Kier alpha value is -1.000. The van der Waals surface area contributed by atoms with Gasteiger partial charge in [0, 0.05) is 27.7 Å². The number of aryl methyl sites for hydroxylation is 1. The molecule has 1 atom stereocenters. The Morgan fingerprint density at radius 1 is 1.22 bits per heavy atom. The van der Waals surface area contributed by atoms with E-state index in [0.717, 1.165) is 24.9 Å². The number of likely N-dealkylation sites (N-methyl/N-ethyl adjacent to an activating group) is 1. The summed E-state index contributed by atoms with van der Waals surface area (Å²) in [6.45, 7) is 0.750. The van der Waals surface area contributed by atoms with Crippen LogP contribution in [0.25, 0.3) is 11.1 Å². The fraction of sp³-hybridized carbons (Fsp3) is 0.294. The smallest absolute Gasteiger partial charge is 0.131 e. The van der Waals surface area contributed by atoms with E-state index in [1.54, 1.807) is 18.2 Å². The molecule has 3 rings (SSSR count). The van der Waals surface area contributed by atoms with Gasteiger partial charge in [0.15, 0.2) is 0 Å². The number of fused-ring (bicyclic) bond motifs is 1. The predicted molar refractivity (Wildman–Crippen MR) is 95.8 cm³/mol. The zero-order valence-electron chi connectivity index (χ0n) is 12.5. The third kappa shape index (κ3) is 3.92. The van der Waals surface area contributed by atoms with E-state index in [-0.39, 0.29) is 24.3 Å². The van der Waals surface area contributed by atoms with Crippen molar-refractivity contribution in [1.82, 2.24) is 5.32 Å². The molecule has 0 aliphatic carbocycles. The van der Waals surface area contributed by atoms with E-state index >= 15 is 0 Å². The van der Waals surface area contributed by atoms with E-state index in [1.807, 2.05) is 7.05 Å². The summed E-state index contributed by atoms with van der Waals surface area (Å²) in [4.78, 5) is 0. The molecule has 124 valence electrons. The molecule has 1 aliphatic rings. The molecule has 1 N–H and O–H groups in total. The lowest BCUT2D eigenvalue weighted by Crippen LogP contribution is -2.32. The van der Waals surface area contributed by atoms with Crippen LogP contribution in [-0.2, 0) is 6.42 Å².